The number of unbranched alkanes of at least 4 members (excludes halogenated alkanes) is 1. The monoisotopic (exact) mass is 499 g/mol. The van der Waals surface area contributed by atoms with Crippen molar-refractivity contribution >= 4 is 28.9 Å². The summed E-state index contributed by atoms with van der Waals surface area (Å²) < 4.78 is 8.62. The molecule has 196 valence electrons. The molecule has 1 aromatic carbocycles. The molecule has 1 N–H and O–H groups in total. The summed E-state index contributed by atoms with van der Waals surface area (Å²) in [5.74, 6) is -0.713. The standard InChI is InChI=1S/C26H37N5O5/c1-26(2,3)36-25(35)30-16-14-29(15-17-30)13-6-5-8-18-9-7-10-19-22(18)28(4)24(34)31(19)20-11-12-21(32)27-23(20)33/h7,9-10,20H,5-6,8,11-17H2,1-4H3,(H,27,32,33). The molecule has 0 bridgehead atoms. The van der Waals surface area contributed by atoms with Crippen LogP contribution in [-0.2, 0) is 27.8 Å². The lowest BCUT2D eigenvalue weighted by atomic mass is 10.0. The van der Waals surface area contributed by atoms with E-state index in [-0.39, 0.29) is 24.1 Å². The summed E-state index contributed by atoms with van der Waals surface area (Å²) in [4.78, 5) is 53.5. The molecular weight excluding hydrogens is 462 g/mol. The Kier molecular flexibility index (Phi) is 7.54. The third kappa shape index (κ3) is 5.64. The van der Waals surface area contributed by atoms with Crippen LogP contribution in [0.2, 0.25) is 0 Å². The summed E-state index contributed by atoms with van der Waals surface area (Å²) in [5.41, 5.74) is 1.93. The molecule has 1 aromatic heterocycles. The molecule has 2 aromatic rings. The van der Waals surface area contributed by atoms with E-state index in [0.29, 0.717) is 19.5 Å². The number of ether oxygens (including phenoxy) is 1. The van der Waals surface area contributed by atoms with Gasteiger partial charge in [-0.3, -0.25) is 28.9 Å². The first-order chi connectivity index (χ1) is 17.0. The molecule has 3 amide bonds. The molecule has 3 heterocycles. The van der Waals surface area contributed by atoms with Crippen LogP contribution in [0.15, 0.2) is 23.0 Å². The highest BCUT2D eigenvalue weighted by molar-refractivity contribution is 6.00. The second-order valence-corrected chi connectivity index (χ2v) is 10.7. The number of aryl methyl sites for hydroxylation is 2. The van der Waals surface area contributed by atoms with Crippen molar-refractivity contribution in [3.05, 3.63) is 34.2 Å². The van der Waals surface area contributed by atoms with Gasteiger partial charge in [0.15, 0.2) is 0 Å². The maximum absolute atomic E-state index is 13.1. The van der Waals surface area contributed by atoms with Crippen LogP contribution in [0.25, 0.3) is 11.0 Å². The maximum Gasteiger partial charge on any atom is 0.410 e. The van der Waals surface area contributed by atoms with E-state index in [1.165, 1.54) is 4.57 Å². The third-order valence-electron chi connectivity index (χ3n) is 6.90. The number of piperazine rings is 1. The topological polar surface area (TPSA) is 106 Å². The second kappa shape index (κ2) is 10.5. The van der Waals surface area contributed by atoms with Crippen LogP contribution in [-0.4, -0.2) is 75.2 Å². The first-order valence-corrected chi connectivity index (χ1v) is 12.8. The molecule has 1 atom stereocenters. The Morgan fingerprint density at radius 1 is 1.08 bits per heavy atom. The Morgan fingerprint density at radius 2 is 1.81 bits per heavy atom. The Morgan fingerprint density at radius 3 is 2.47 bits per heavy atom. The number of amides is 3. The number of benzene rings is 1. The first kappa shape index (κ1) is 25.9. The fourth-order valence-corrected chi connectivity index (χ4v) is 5.08. The van der Waals surface area contributed by atoms with Crippen LogP contribution in [0, 0.1) is 0 Å². The van der Waals surface area contributed by atoms with Gasteiger partial charge in [0.1, 0.15) is 11.6 Å². The summed E-state index contributed by atoms with van der Waals surface area (Å²) in [6.07, 6.45) is 3.10. The zero-order valence-electron chi connectivity index (χ0n) is 21.7. The van der Waals surface area contributed by atoms with Gasteiger partial charge < -0.3 is 9.64 Å². The van der Waals surface area contributed by atoms with Crippen molar-refractivity contribution in [2.24, 2.45) is 7.05 Å². The van der Waals surface area contributed by atoms with Crippen LogP contribution < -0.4 is 11.0 Å². The average Bonchev–Trinajstić information content (AvgIpc) is 3.07. The van der Waals surface area contributed by atoms with Gasteiger partial charge in [-0.15, -0.1) is 0 Å². The number of piperidine rings is 1. The van der Waals surface area contributed by atoms with Crippen LogP contribution in [0.1, 0.15) is 58.1 Å². The molecule has 2 aliphatic heterocycles. The lowest BCUT2D eigenvalue weighted by Gasteiger charge is -2.35. The Labute approximate surface area is 211 Å². The molecule has 10 heteroatoms. The van der Waals surface area contributed by atoms with E-state index in [4.69, 9.17) is 4.74 Å². The summed E-state index contributed by atoms with van der Waals surface area (Å²) >= 11 is 0. The van der Waals surface area contributed by atoms with Crippen LogP contribution in [0.5, 0.6) is 0 Å². The van der Waals surface area contributed by atoms with Crippen LogP contribution >= 0.6 is 0 Å². The van der Waals surface area contributed by atoms with Crippen molar-refractivity contribution in [3.8, 4) is 0 Å². The van der Waals surface area contributed by atoms with Crippen molar-refractivity contribution in [1.29, 1.82) is 0 Å². The Hall–Kier alpha value is -3.14. The van der Waals surface area contributed by atoms with E-state index in [1.807, 2.05) is 39.0 Å². The number of imide groups is 1. The third-order valence-corrected chi connectivity index (χ3v) is 6.90. The number of hydrogen-bond donors (Lipinski definition) is 1. The zero-order chi connectivity index (χ0) is 26.0. The van der Waals surface area contributed by atoms with Crippen molar-refractivity contribution in [1.82, 2.24) is 24.3 Å². The molecule has 10 nitrogen and oxygen atoms in total. The number of carbonyl (C=O) groups is 3. The molecule has 4 rings (SSSR count). The van der Waals surface area contributed by atoms with E-state index in [1.54, 1.807) is 16.5 Å². The fraction of sp³-hybridized carbons (Fsp3) is 0.615. The quantitative estimate of drug-likeness (QED) is 0.483. The highest BCUT2D eigenvalue weighted by Crippen LogP contribution is 2.25. The van der Waals surface area contributed by atoms with Crippen molar-refractivity contribution < 1.29 is 19.1 Å². The van der Waals surface area contributed by atoms with Gasteiger partial charge in [-0.2, -0.15) is 0 Å². The summed E-state index contributed by atoms with van der Waals surface area (Å²) in [6.45, 7) is 9.59. The second-order valence-electron chi connectivity index (χ2n) is 10.7. The maximum atomic E-state index is 13.1. The predicted molar refractivity (Wildman–Crippen MR) is 136 cm³/mol. The number of aromatic nitrogens is 2. The van der Waals surface area contributed by atoms with E-state index in [9.17, 15) is 19.2 Å². The van der Waals surface area contributed by atoms with Gasteiger partial charge in [0, 0.05) is 39.6 Å². The molecule has 0 aliphatic carbocycles. The van der Waals surface area contributed by atoms with Gasteiger partial charge in [-0.1, -0.05) is 12.1 Å². The highest BCUT2D eigenvalue weighted by Gasteiger charge is 2.31. The molecule has 2 fully saturated rings. The first-order valence-electron chi connectivity index (χ1n) is 12.8. The number of rotatable bonds is 6. The van der Waals surface area contributed by atoms with Gasteiger partial charge in [0.05, 0.1) is 11.0 Å². The molecule has 2 saturated heterocycles. The minimum atomic E-state index is -0.673. The van der Waals surface area contributed by atoms with Gasteiger partial charge in [0.2, 0.25) is 11.8 Å². The molecule has 1 unspecified atom stereocenters. The highest BCUT2D eigenvalue weighted by atomic mass is 16.6. The smallest absolute Gasteiger partial charge is 0.410 e. The lowest BCUT2D eigenvalue weighted by Crippen LogP contribution is -2.50. The molecule has 0 spiro atoms. The fourth-order valence-electron chi connectivity index (χ4n) is 5.08. The van der Waals surface area contributed by atoms with E-state index >= 15 is 0 Å². The number of imidazole rings is 1. The predicted octanol–water partition coefficient (Wildman–Crippen LogP) is 2.19. The molecule has 2 aliphatic rings. The Bertz CT molecular complexity index is 1200. The van der Waals surface area contributed by atoms with Crippen molar-refractivity contribution in [3.63, 3.8) is 0 Å². The van der Waals surface area contributed by atoms with E-state index in [0.717, 1.165) is 55.5 Å². The number of nitrogens with one attached hydrogen (secondary N) is 1. The number of para-hydroxylation sites is 1. The van der Waals surface area contributed by atoms with Gasteiger partial charge >= 0.3 is 11.8 Å². The average molecular weight is 500 g/mol. The number of nitrogens with zero attached hydrogens (tertiary/aromatic N) is 4. The number of carbonyl (C=O) groups excluding carboxylic acids is 3. The normalized spacial score (nSPS) is 19.6. The minimum Gasteiger partial charge on any atom is -0.444 e. The summed E-state index contributed by atoms with van der Waals surface area (Å²) in [7, 11) is 1.74. The van der Waals surface area contributed by atoms with Gasteiger partial charge in [-0.25, -0.2) is 9.59 Å². The summed E-state index contributed by atoms with van der Waals surface area (Å²) in [5, 5.41) is 2.36. The molecular formula is C26H37N5O5. The van der Waals surface area contributed by atoms with Gasteiger partial charge in [0.25, 0.3) is 0 Å². The molecule has 36 heavy (non-hydrogen) atoms. The van der Waals surface area contributed by atoms with Crippen LogP contribution in [0.4, 0.5) is 4.79 Å². The number of fused-ring (bicyclic) bond motifs is 1. The Balaban J connectivity index is 1.34. The van der Waals surface area contributed by atoms with E-state index in [2.05, 4.69) is 10.2 Å². The van der Waals surface area contributed by atoms with Gasteiger partial charge in [-0.05, 0) is 64.6 Å². The minimum absolute atomic E-state index is 0.227. The zero-order valence-corrected chi connectivity index (χ0v) is 21.7. The SMILES string of the molecule is Cn1c(=O)n(C2CCC(=O)NC2=O)c2cccc(CCCCN3CCN(C(=O)OC(C)(C)C)CC3)c21. The largest absolute Gasteiger partial charge is 0.444 e. The number of hydrogen-bond acceptors (Lipinski definition) is 6. The molecule has 0 saturated carbocycles. The lowest BCUT2D eigenvalue weighted by molar-refractivity contribution is -0.135. The summed E-state index contributed by atoms with van der Waals surface area (Å²) in [6, 6.07) is 5.16. The van der Waals surface area contributed by atoms with Crippen molar-refractivity contribution in [2.45, 2.75) is 64.5 Å². The van der Waals surface area contributed by atoms with Crippen LogP contribution in [0.3, 0.4) is 0 Å². The van der Waals surface area contributed by atoms with E-state index < -0.39 is 17.6 Å². The molecule has 0 radical (unpaired) electrons. The van der Waals surface area contributed by atoms with Crippen molar-refractivity contribution in [2.75, 3.05) is 32.7 Å².